The lowest BCUT2D eigenvalue weighted by Crippen LogP contribution is -2.29. The third kappa shape index (κ3) is 3.11. The summed E-state index contributed by atoms with van der Waals surface area (Å²) in [5, 5.41) is 5.40. The third-order valence-electron chi connectivity index (χ3n) is 3.54. The smallest absolute Gasteiger partial charge is 0.240 e. The molecule has 4 nitrogen and oxygen atoms in total. The summed E-state index contributed by atoms with van der Waals surface area (Å²) in [6.45, 7) is 2.29. The van der Waals surface area contributed by atoms with Crippen molar-refractivity contribution < 1.29 is 4.79 Å². The van der Waals surface area contributed by atoms with Crippen LogP contribution in [0.3, 0.4) is 0 Å². The Labute approximate surface area is 123 Å². The van der Waals surface area contributed by atoms with Crippen molar-refractivity contribution in [3.8, 4) is 0 Å². The zero-order chi connectivity index (χ0) is 14.7. The Balaban J connectivity index is 1.71. The number of nitrogens with one attached hydrogen (secondary N) is 1. The maximum absolute atomic E-state index is 12.0. The molecule has 1 atom stereocenters. The van der Waals surface area contributed by atoms with Gasteiger partial charge in [-0.15, -0.1) is 0 Å². The van der Waals surface area contributed by atoms with E-state index in [-0.39, 0.29) is 18.5 Å². The average molecular weight is 279 g/mol. The molecule has 106 valence electrons. The van der Waals surface area contributed by atoms with E-state index in [2.05, 4.69) is 40.6 Å². The van der Waals surface area contributed by atoms with Gasteiger partial charge in [0.2, 0.25) is 5.91 Å². The van der Waals surface area contributed by atoms with Crippen molar-refractivity contribution in [2.24, 2.45) is 0 Å². The maximum atomic E-state index is 12.0. The Hall–Kier alpha value is -2.62. The largest absolute Gasteiger partial charge is 0.348 e. The van der Waals surface area contributed by atoms with Gasteiger partial charge >= 0.3 is 0 Å². The molecule has 0 aliphatic carbocycles. The summed E-state index contributed by atoms with van der Waals surface area (Å²) >= 11 is 0. The molecule has 0 saturated carbocycles. The number of hydrogen-bond acceptors (Lipinski definition) is 2. The highest BCUT2D eigenvalue weighted by atomic mass is 16.2. The van der Waals surface area contributed by atoms with Gasteiger partial charge in [-0.2, -0.15) is 0 Å². The monoisotopic (exact) mass is 279 g/mol. The molecule has 21 heavy (non-hydrogen) atoms. The van der Waals surface area contributed by atoms with Crippen LogP contribution < -0.4 is 5.32 Å². The molecule has 3 aromatic rings. The highest BCUT2D eigenvalue weighted by Crippen LogP contribution is 2.20. The van der Waals surface area contributed by atoms with E-state index in [1.54, 1.807) is 23.3 Å². The molecular weight excluding hydrogens is 262 g/mol. The number of nitrogens with zero attached hydrogens (tertiary/aromatic N) is 2. The molecule has 1 amide bonds. The number of rotatable bonds is 4. The van der Waals surface area contributed by atoms with Crippen molar-refractivity contribution in [2.45, 2.75) is 19.5 Å². The second kappa shape index (κ2) is 5.79. The van der Waals surface area contributed by atoms with E-state index < -0.39 is 0 Å². The minimum Gasteiger partial charge on any atom is -0.348 e. The van der Waals surface area contributed by atoms with Gasteiger partial charge in [-0.3, -0.25) is 4.79 Å². The number of aromatic nitrogens is 2. The first-order chi connectivity index (χ1) is 10.2. The zero-order valence-electron chi connectivity index (χ0n) is 11.9. The first-order valence-electron chi connectivity index (χ1n) is 6.96. The highest BCUT2D eigenvalue weighted by Gasteiger charge is 2.10. The van der Waals surface area contributed by atoms with E-state index in [0.29, 0.717) is 0 Å². The Bertz CT molecular complexity index is 750. The minimum atomic E-state index is -0.0226. The van der Waals surface area contributed by atoms with Crippen LogP contribution in [0.1, 0.15) is 18.5 Å². The summed E-state index contributed by atoms with van der Waals surface area (Å²) in [4.78, 5) is 15.9. The molecule has 0 saturated heterocycles. The van der Waals surface area contributed by atoms with Crippen LogP contribution in [0.2, 0.25) is 0 Å². The van der Waals surface area contributed by atoms with Crippen LogP contribution in [0.5, 0.6) is 0 Å². The van der Waals surface area contributed by atoms with Crippen LogP contribution in [0, 0.1) is 0 Å². The van der Waals surface area contributed by atoms with Crippen molar-refractivity contribution in [3.63, 3.8) is 0 Å². The Morgan fingerprint density at radius 3 is 2.81 bits per heavy atom. The standard InChI is InChI=1S/C17H17N3O/c1-13(19-17(21)11-20-9-8-18-12-20)15-7-6-14-4-2-3-5-16(14)10-15/h2-10,12-13H,11H2,1H3,(H,19,21)/t13-/m0/s1. The lowest BCUT2D eigenvalue weighted by atomic mass is 10.0. The predicted octanol–water partition coefficient (Wildman–Crippen LogP) is 2.91. The van der Waals surface area contributed by atoms with E-state index in [0.717, 1.165) is 5.56 Å². The second-order valence-corrected chi connectivity index (χ2v) is 5.13. The van der Waals surface area contributed by atoms with Gasteiger partial charge in [-0.05, 0) is 29.3 Å². The molecule has 1 heterocycles. The first kappa shape index (κ1) is 13.4. The van der Waals surface area contributed by atoms with Gasteiger partial charge in [0, 0.05) is 12.4 Å². The lowest BCUT2D eigenvalue weighted by molar-refractivity contribution is -0.122. The number of hydrogen-bond donors (Lipinski definition) is 1. The number of benzene rings is 2. The van der Waals surface area contributed by atoms with Crippen LogP contribution in [-0.2, 0) is 11.3 Å². The summed E-state index contributed by atoms with van der Waals surface area (Å²) in [5.41, 5.74) is 1.10. The molecule has 0 aliphatic heterocycles. The maximum Gasteiger partial charge on any atom is 0.240 e. The van der Waals surface area contributed by atoms with Gasteiger partial charge in [0.15, 0.2) is 0 Å². The highest BCUT2D eigenvalue weighted by molar-refractivity contribution is 5.83. The number of imidazole rings is 1. The molecule has 1 aromatic heterocycles. The third-order valence-corrected chi connectivity index (χ3v) is 3.54. The van der Waals surface area contributed by atoms with E-state index >= 15 is 0 Å². The van der Waals surface area contributed by atoms with Gasteiger partial charge in [0.1, 0.15) is 6.54 Å². The molecule has 0 bridgehead atoms. The van der Waals surface area contributed by atoms with Crippen molar-refractivity contribution >= 4 is 16.7 Å². The van der Waals surface area contributed by atoms with E-state index in [4.69, 9.17) is 0 Å². The van der Waals surface area contributed by atoms with Crippen LogP contribution >= 0.6 is 0 Å². The van der Waals surface area contributed by atoms with Gasteiger partial charge in [0.25, 0.3) is 0 Å². The second-order valence-electron chi connectivity index (χ2n) is 5.13. The van der Waals surface area contributed by atoms with Gasteiger partial charge in [-0.1, -0.05) is 36.4 Å². The van der Waals surface area contributed by atoms with Crippen LogP contribution in [0.15, 0.2) is 61.2 Å². The fourth-order valence-electron chi connectivity index (χ4n) is 2.39. The van der Waals surface area contributed by atoms with Crippen molar-refractivity contribution in [3.05, 3.63) is 66.7 Å². The van der Waals surface area contributed by atoms with Crippen LogP contribution in [0.25, 0.3) is 10.8 Å². The lowest BCUT2D eigenvalue weighted by Gasteiger charge is -2.15. The predicted molar refractivity (Wildman–Crippen MR) is 82.7 cm³/mol. The zero-order valence-corrected chi connectivity index (χ0v) is 11.9. The molecule has 0 spiro atoms. The van der Waals surface area contributed by atoms with Crippen molar-refractivity contribution in [1.29, 1.82) is 0 Å². The van der Waals surface area contributed by atoms with E-state index in [1.165, 1.54) is 10.8 Å². The molecule has 0 aliphatic rings. The first-order valence-corrected chi connectivity index (χ1v) is 6.96. The van der Waals surface area contributed by atoms with E-state index in [9.17, 15) is 4.79 Å². The molecular formula is C17H17N3O. The summed E-state index contributed by atoms with van der Waals surface area (Å²) < 4.78 is 1.75. The molecule has 2 aromatic carbocycles. The average Bonchev–Trinajstić information content (AvgIpc) is 2.99. The summed E-state index contributed by atoms with van der Waals surface area (Å²) in [7, 11) is 0. The molecule has 4 heteroatoms. The Morgan fingerprint density at radius 1 is 1.24 bits per heavy atom. The van der Waals surface area contributed by atoms with Gasteiger partial charge in [-0.25, -0.2) is 4.98 Å². The molecule has 0 unspecified atom stereocenters. The summed E-state index contributed by atoms with van der Waals surface area (Å²) in [6, 6.07) is 14.5. The minimum absolute atomic E-state index is 0.0198. The van der Waals surface area contributed by atoms with Crippen molar-refractivity contribution in [1.82, 2.24) is 14.9 Å². The number of carbonyl (C=O) groups excluding carboxylic acids is 1. The fraction of sp³-hybridized carbons (Fsp3) is 0.176. The Morgan fingerprint density at radius 2 is 2.05 bits per heavy atom. The number of carbonyl (C=O) groups is 1. The van der Waals surface area contributed by atoms with Crippen LogP contribution in [0.4, 0.5) is 0 Å². The molecule has 1 N–H and O–H groups in total. The number of fused-ring (bicyclic) bond motifs is 1. The molecule has 3 rings (SSSR count). The fourth-order valence-corrected chi connectivity index (χ4v) is 2.39. The quantitative estimate of drug-likeness (QED) is 0.798. The molecule has 0 radical (unpaired) electrons. The number of amides is 1. The molecule has 0 fully saturated rings. The topological polar surface area (TPSA) is 46.9 Å². The summed E-state index contributed by atoms with van der Waals surface area (Å²) in [6.07, 6.45) is 5.08. The van der Waals surface area contributed by atoms with Crippen LogP contribution in [-0.4, -0.2) is 15.5 Å². The normalized spacial score (nSPS) is 12.2. The van der Waals surface area contributed by atoms with E-state index in [1.807, 2.05) is 19.1 Å². The van der Waals surface area contributed by atoms with Crippen molar-refractivity contribution in [2.75, 3.05) is 0 Å². The van der Waals surface area contributed by atoms with Gasteiger partial charge in [0.05, 0.1) is 12.4 Å². The SMILES string of the molecule is C[C@H](NC(=O)Cn1ccnc1)c1ccc2ccccc2c1. The Kier molecular flexibility index (Phi) is 3.69. The summed E-state index contributed by atoms with van der Waals surface area (Å²) in [5.74, 6) is -0.0198. The van der Waals surface area contributed by atoms with Gasteiger partial charge < -0.3 is 9.88 Å².